The van der Waals surface area contributed by atoms with Gasteiger partial charge in [0.1, 0.15) is 0 Å². The summed E-state index contributed by atoms with van der Waals surface area (Å²) in [5.41, 5.74) is 0.460. The molecule has 5 rings (SSSR count). The minimum absolute atomic E-state index is 0.0784. The molecular formula is C24H41NO2. The summed E-state index contributed by atoms with van der Waals surface area (Å²) in [5, 5.41) is 21.6. The van der Waals surface area contributed by atoms with Crippen molar-refractivity contribution in [1.82, 2.24) is 4.90 Å². The fraction of sp³-hybridized carbons (Fsp3) is 1.00. The van der Waals surface area contributed by atoms with Crippen molar-refractivity contribution in [2.45, 2.75) is 103 Å². The highest BCUT2D eigenvalue weighted by atomic mass is 16.3. The van der Waals surface area contributed by atoms with Gasteiger partial charge in [0.25, 0.3) is 0 Å². The summed E-state index contributed by atoms with van der Waals surface area (Å²) in [5.74, 6) is 3.02. The van der Waals surface area contributed by atoms with Crippen LogP contribution >= 0.6 is 0 Å². The van der Waals surface area contributed by atoms with E-state index in [0.29, 0.717) is 17.4 Å². The van der Waals surface area contributed by atoms with Gasteiger partial charge in [-0.25, -0.2) is 0 Å². The summed E-state index contributed by atoms with van der Waals surface area (Å²) < 4.78 is 0. The van der Waals surface area contributed by atoms with Gasteiger partial charge in [-0.1, -0.05) is 20.3 Å². The fourth-order valence-corrected chi connectivity index (χ4v) is 8.99. The summed E-state index contributed by atoms with van der Waals surface area (Å²) in [4.78, 5) is 2.77. The van der Waals surface area contributed by atoms with Crippen molar-refractivity contribution in [3.63, 3.8) is 0 Å². The standard InChI is InChI=1S/C24H41NO2/c1-23-11-10-19-18(9-7-16-6-8-17(26)15-24(16,19)2)22(23)20(14-21(23)27)25-12-4-3-5-13-25/h16-22,26-27H,3-15H2,1-2H3/t16-,17-,18-,19+,20-,21+,22-,23-,24+/m1/s1. The van der Waals surface area contributed by atoms with E-state index in [0.717, 1.165) is 37.0 Å². The SMILES string of the molecule is C[C@]12CC[C@H]3[C@@H](CC[C@H]4CC[C@@H](O)C[C@@]43C)[C@@H]1[C@H](N1CCCCC1)C[C@@H]2O. The highest BCUT2D eigenvalue weighted by molar-refractivity contribution is 5.13. The topological polar surface area (TPSA) is 43.7 Å². The number of hydrogen-bond acceptors (Lipinski definition) is 3. The molecule has 1 heterocycles. The lowest BCUT2D eigenvalue weighted by molar-refractivity contribution is -0.145. The molecule has 5 aliphatic rings. The molecule has 154 valence electrons. The Balaban J connectivity index is 1.47. The van der Waals surface area contributed by atoms with Gasteiger partial charge in [-0.15, -0.1) is 0 Å². The smallest absolute Gasteiger partial charge is 0.0612 e. The van der Waals surface area contributed by atoms with E-state index in [-0.39, 0.29) is 17.6 Å². The predicted octanol–water partition coefficient (Wildman–Crippen LogP) is 4.22. The molecular weight excluding hydrogens is 334 g/mol. The molecule has 9 atom stereocenters. The summed E-state index contributed by atoms with van der Waals surface area (Å²) in [6, 6.07) is 0.603. The maximum absolute atomic E-state index is 11.1. The van der Waals surface area contributed by atoms with Crippen molar-refractivity contribution in [3.8, 4) is 0 Å². The second-order valence-corrected chi connectivity index (χ2v) is 11.5. The van der Waals surface area contributed by atoms with Crippen molar-refractivity contribution in [2.75, 3.05) is 13.1 Å². The zero-order valence-corrected chi connectivity index (χ0v) is 17.6. The Kier molecular flexibility index (Phi) is 4.69. The maximum atomic E-state index is 11.1. The highest BCUT2D eigenvalue weighted by Gasteiger charge is 2.63. The Morgan fingerprint density at radius 3 is 2.37 bits per heavy atom. The number of likely N-dealkylation sites (tertiary alicyclic amines) is 1. The lowest BCUT2D eigenvalue weighted by atomic mass is 9.44. The lowest BCUT2D eigenvalue weighted by Crippen LogP contribution is -2.57. The second kappa shape index (κ2) is 6.71. The molecule has 0 radical (unpaired) electrons. The molecule has 0 spiro atoms. The average Bonchev–Trinajstić information content (AvgIpc) is 2.93. The fourth-order valence-electron chi connectivity index (χ4n) is 8.99. The third-order valence-electron chi connectivity index (χ3n) is 10.4. The van der Waals surface area contributed by atoms with Crippen LogP contribution in [0.25, 0.3) is 0 Å². The largest absolute Gasteiger partial charge is 0.393 e. The van der Waals surface area contributed by atoms with Crippen LogP contribution in [0.1, 0.15) is 84.5 Å². The molecule has 0 aromatic rings. The van der Waals surface area contributed by atoms with E-state index in [2.05, 4.69) is 18.7 Å². The molecule has 4 aliphatic carbocycles. The van der Waals surface area contributed by atoms with Gasteiger partial charge in [0.15, 0.2) is 0 Å². The highest BCUT2D eigenvalue weighted by Crippen LogP contribution is 2.66. The quantitative estimate of drug-likeness (QED) is 0.721. The molecule has 1 saturated heterocycles. The molecule has 4 saturated carbocycles. The minimum atomic E-state index is -0.113. The predicted molar refractivity (Wildman–Crippen MR) is 108 cm³/mol. The first kappa shape index (κ1) is 18.9. The van der Waals surface area contributed by atoms with Crippen molar-refractivity contribution in [1.29, 1.82) is 0 Å². The molecule has 0 aromatic carbocycles. The zero-order chi connectivity index (χ0) is 18.8. The van der Waals surface area contributed by atoms with Crippen LogP contribution in [0, 0.1) is 34.5 Å². The van der Waals surface area contributed by atoms with E-state index >= 15 is 0 Å². The molecule has 0 bridgehead atoms. The van der Waals surface area contributed by atoms with Crippen molar-refractivity contribution < 1.29 is 10.2 Å². The van der Waals surface area contributed by atoms with Gasteiger partial charge >= 0.3 is 0 Å². The van der Waals surface area contributed by atoms with Gasteiger partial charge in [-0.2, -0.15) is 0 Å². The number of fused-ring (bicyclic) bond motifs is 5. The van der Waals surface area contributed by atoms with E-state index in [1.807, 2.05) is 0 Å². The third-order valence-corrected chi connectivity index (χ3v) is 10.4. The van der Waals surface area contributed by atoms with E-state index in [1.165, 1.54) is 64.5 Å². The summed E-state index contributed by atoms with van der Waals surface area (Å²) in [6.45, 7) is 7.45. The molecule has 5 fully saturated rings. The first-order valence-corrected chi connectivity index (χ1v) is 12.0. The number of piperidine rings is 1. The van der Waals surface area contributed by atoms with Gasteiger partial charge in [0, 0.05) is 6.04 Å². The van der Waals surface area contributed by atoms with Crippen molar-refractivity contribution in [3.05, 3.63) is 0 Å². The third kappa shape index (κ3) is 2.78. The number of nitrogens with zero attached hydrogens (tertiary/aromatic N) is 1. The Hall–Kier alpha value is -0.120. The van der Waals surface area contributed by atoms with Crippen LogP contribution in [0.15, 0.2) is 0 Å². The monoisotopic (exact) mass is 375 g/mol. The number of aliphatic hydroxyl groups excluding tert-OH is 2. The van der Waals surface area contributed by atoms with Crippen LogP contribution in [0.4, 0.5) is 0 Å². The van der Waals surface area contributed by atoms with Crippen LogP contribution in [0.3, 0.4) is 0 Å². The van der Waals surface area contributed by atoms with Gasteiger partial charge < -0.3 is 10.2 Å². The molecule has 0 amide bonds. The minimum Gasteiger partial charge on any atom is -0.393 e. The lowest BCUT2D eigenvalue weighted by Gasteiger charge is -2.61. The first-order chi connectivity index (χ1) is 12.9. The van der Waals surface area contributed by atoms with Gasteiger partial charge in [-0.05, 0) is 112 Å². The van der Waals surface area contributed by atoms with Crippen LogP contribution in [-0.4, -0.2) is 46.5 Å². The Bertz CT molecular complexity index is 561. The average molecular weight is 376 g/mol. The zero-order valence-electron chi connectivity index (χ0n) is 17.6. The van der Waals surface area contributed by atoms with Gasteiger partial charge in [-0.3, -0.25) is 4.90 Å². The molecule has 3 nitrogen and oxygen atoms in total. The van der Waals surface area contributed by atoms with E-state index < -0.39 is 0 Å². The van der Waals surface area contributed by atoms with E-state index in [4.69, 9.17) is 0 Å². The Morgan fingerprint density at radius 1 is 0.852 bits per heavy atom. The summed E-state index contributed by atoms with van der Waals surface area (Å²) in [7, 11) is 0. The molecule has 3 heteroatoms. The number of rotatable bonds is 1. The normalized spacial score (nSPS) is 56.2. The van der Waals surface area contributed by atoms with E-state index in [1.54, 1.807) is 0 Å². The van der Waals surface area contributed by atoms with Gasteiger partial charge in [0.05, 0.1) is 12.2 Å². The maximum Gasteiger partial charge on any atom is 0.0612 e. The molecule has 0 aromatic heterocycles. The second-order valence-electron chi connectivity index (χ2n) is 11.5. The molecule has 0 unspecified atom stereocenters. The van der Waals surface area contributed by atoms with E-state index in [9.17, 15) is 10.2 Å². The van der Waals surface area contributed by atoms with Crippen LogP contribution in [0.2, 0.25) is 0 Å². The van der Waals surface area contributed by atoms with Crippen LogP contribution in [0.5, 0.6) is 0 Å². The van der Waals surface area contributed by atoms with Crippen molar-refractivity contribution >= 4 is 0 Å². The van der Waals surface area contributed by atoms with Crippen LogP contribution < -0.4 is 0 Å². The molecule has 27 heavy (non-hydrogen) atoms. The number of hydrogen-bond donors (Lipinski definition) is 2. The Labute approximate surface area is 165 Å². The van der Waals surface area contributed by atoms with Crippen LogP contribution in [-0.2, 0) is 0 Å². The summed E-state index contributed by atoms with van der Waals surface area (Å²) >= 11 is 0. The first-order valence-electron chi connectivity index (χ1n) is 12.0. The molecule has 1 aliphatic heterocycles. The molecule has 2 N–H and O–H groups in total. The Morgan fingerprint density at radius 2 is 1.59 bits per heavy atom. The van der Waals surface area contributed by atoms with Crippen molar-refractivity contribution in [2.24, 2.45) is 34.5 Å². The van der Waals surface area contributed by atoms with Gasteiger partial charge in [0.2, 0.25) is 0 Å². The summed E-state index contributed by atoms with van der Waals surface area (Å²) in [6.07, 6.45) is 13.4. The number of aliphatic hydroxyl groups is 2.